The molecule has 380 valence electrons. The van der Waals surface area contributed by atoms with E-state index in [2.05, 4.69) is 20.6 Å². The lowest BCUT2D eigenvalue weighted by molar-refractivity contribution is -0.136. The topological polar surface area (TPSA) is 181 Å². The molecule has 0 aliphatic carbocycles. The van der Waals surface area contributed by atoms with Gasteiger partial charge in [0, 0.05) is 43.0 Å². The first-order chi connectivity index (χ1) is 34.1. The summed E-state index contributed by atoms with van der Waals surface area (Å²) in [7, 11) is 2.46. The van der Waals surface area contributed by atoms with E-state index in [-0.39, 0.29) is 59.0 Å². The Hall–Kier alpha value is -6.60. The fourth-order valence-corrected chi connectivity index (χ4v) is 11.2. The van der Waals surface area contributed by atoms with Crippen LogP contribution in [0.25, 0.3) is 22.1 Å². The van der Waals surface area contributed by atoms with Crippen LogP contribution in [-0.2, 0) is 19.1 Å². The SMILES string of the molecule is COC(=O)N[C@H](C(=O)N1CCCC1c1nc2cc([C@H]3CC[C@H](c4cc5nc([C@@H]6CCCN6C(=O)[C@@H](NC(=O)OC)C(C)C)[nH]c5cc4F)N3c3cc(F)c(N4CCCCC4)c(F)c3)c(F)cc2[nH]1)C(C)C. The number of H-pyrrole nitrogens is 2. The van der Waals surface area contributed by atoms with Crippen LogP contribution in [0.5, 0.6) is 0 Å². The molecule has 4 aliphatic rings. The minimum Gasteiger partial charge on any atom is -0.453 e. The molecule has 0 saturated carbocycles. The molecule has 3 aromatic carbocycles. The largest absolute Gasteiger partial charge is 0.453 e. The molecule has 5 aromatic rings. The van der Waals surface area contributed by atoms with Crippen molar-refractivity contribution in [3.63, 3.8) is 0 Å². The number of amides is 4. The number of hydrogen-bond acceptors (Lipinski definition) is 10. The molecular weight excluding hydrogens is 925 g/mol. The van der Waals surface area contributed by atoms with Crippen molar-refractivity contribution in [2.24, 2.45) is 11.8 Å². The molecule has 6 atom stereocenters. The Labute approximate surface area is 409 Å². The quantitative estimate of drug-likeness (QED) is 0.0881. The smallest absolute Gasteiger partial charge is 0.407 e. The monoisotopic (exact) mass is 986 g/mol. The van der Waals surface area contributed by atoms with Crippen LogP contribution in [-0.4, -0.2) is 106 Å². The number of methoxy groups -OCH3 is 2. The molecule has 4 N–H and O–H groups in total. The predicted molar refractivity (Wildman–Crippen MR) is 257 cm³/mol. The summed E-state index contributed by atoms with van der Waals surface area (Å²) in [6.45, 7) is 9.14. The number of aromatic amines is 2. The van der Waals surface area contributed by atoms with E-state index in [0.29, 0.717) is 85.6 Å². The van der Waals surface area contributed by atoms with Crippen LogP contribution in [0.15, 0.2) is 36.4 Å². The van der Waals surface area contributed by atoms with E-state index in [4.69, 9.17) is 19.4 Å². The van der Waals surface area contributed by atoms with Gasteiger partial charge in [0.2, 0.25) is 11.8 Å². The number of benzene rings is 3. The molecule has 2 aromatic heterocycles. The second kappa shape index (κ2) is 20.3. The van der Waals surface area contributed by atoms with Crippen molar-refractivity contribution in [2.45, 2.75) is 122 Å². The third-order valence-corrected chi connectivity index (χ3v) is 14.8. The van der Waals surface area contributed by atoms with E-state index in [1.54, 1.807) is 31.7 Å². The number of aromatic nitrogens is 4. The number of carbonyl (C=O) groups excluding carboxylic acids is 4. The molecule has 4 aliphatic heterocycles. The van der Waals surface area contributed by atoms with Gasteiger partial charge in [0.1, 0.15) is 41.1 Å². The van der Waals surface area contributed by atoms with Gasteiger partial charge in [-0.1, -0.05) is 27.7 Å². The average Bonchev–Trinajstić information content (AvgIpc) is 4.21. The van der Waals surface area contributed by atoms with Crippen molar-refractivity contribution in [3.05, 3.63) is 82.4 Å². The van der Waals surface area contributed by atoms with Crippen LogP contribution in [0.1, 0.15) is 132 Å². The van der Waals surface area contributed by atoms with Crippen molar-refractivity contribution < 1.29 is 46.2 Å². The number of carbonyl (C=O) groups is 4. The number of rotatable bonds is 12. The number of imidazole rings is 2. The molecule has 20 heteroatoms. The van der Waals surface area contributed by atoms with E-state index in [1.165, 1.54) is 38.5 Å². The average molecular weight is 987 g/mol. The zero-order valence-corrected chi connectivity index (χ0v) is 40.9. The molecule has 1 unspecified atom stereocenters. The summed E-state index contributed by atoms with van der Waals surface area (Å²) in [4.78, 5) is 75.1. The molecule has 9 rings (SSSR count). The van der Waals surface area contributed by atoms with Crippen molar-refractivity contribution >= 4 is 57.4 Å². The van der Waals surface area contributed by atoms with Gasteiger partial charge in [-0.25, -0.2) is 37.1 Å². The summed E-state index contributed by atoms with van der Waals surface area (Å²) in [6.07, 6.45) is 4.15. The Morgan fingerprint density at radius 1 is 0.577 bits per heavy atom. The lowest BCUT2D eigenvalue weighted by atomic mass is 10.0. The maximum atomic E-state index is 16.8. The highest BCUT2D eigenvalue weighted by atomic mass is 19.1. The molecule has 4 saturated heterocycles. The standard InChI is InChI=1S/C51H62F4N10O6/c1-26(2)43(60-50(68)70-5)48(66)63-18-10-12-41(63)46-56-35-22-29(31(52)24-37(35)58-46)39-14-15-40(65(39)28-20-33(54)45(34(55)21-28)62-16-8-7-9-17-62)30-23-36-38(25-32(30)53)59-47(57-36)42-13-11-19-64(42)49(67)44(27(3)4)61-51(69)71-6/h20-27,39-44H,7-19H2,1-6H3,(H,56,58)(H,57,59)(H,60,68)(H,61,69)/t39-,40-,41+,42?,43+,44+/m1/s1. The van der Waals surface area contributed by atoms with E-state index in [1.807, 2.05) is 27.7 Å². The number of piperidine rings is 1. The third kappa shape index (κ3) is 9.53. The van der Waals surface area contributed by atoms with Crippen LogP contribution in [0.3, 0.4) is 0 Å². The Morgan fingerprint density at radius 3 is 1.42 bits per heavy atom. The summed E-state index contributed by atoms with van der Waals surface area (Å²) < 4.78 is 76.0. The Morgan fingerprint density at radius 2 is 1.01 bits per heavy atom. The minimum atomic E-state index is -0.851. The molecule has 0 bridgehead atoms. The Balaban J connectivity index is 1.07. The summed E-state index contributed by atoms with van der Waals surface area (Å²) in [5.74, 6) is -2.97. The van der Waals surface area contributed by atoms with Crippen LogP contribution < -0.4 is 20.4 Å². The number of alkyl carbamates (subject to hydrolysis) is 2. The normalized spacial score (nSPS) is 21.5. The van der Waals surface area contributed by atoms with Crippen molar-refractivity contribution in [2.75, 3.05) is 50.2 Å². The van der Waals surface area contributed by atoms with Gasteiger partial charge in [-0.05, 0) is 106 Å². The summed E-state index contributed by atoms with van der Waals surface area (Å²) in [5.41, 5.74) is 1.93. The first-order valence-corrected chi connectivity index (χ1v) is 24.8. The second-order valence-electron chi connectivity index (χ2n) is 19.9. The summed E-state index contributed by atoms with van der Waals surface area (Å²) in [5, 5.41) is 5.30. The van der Waals surface area contributed by atoms with Gasteiger partial charge in [0.25, 0.3) is 0 Å². The number of halogens is 4. The number of ether oxygens (including phenoxy) is 2. The van der Waals surface area contributed by atoms with E-state index in [9.17, 15) is 19.2 Å². The molecule has 0 spiro atoms. The Kier molecular flexibility index (Phi) is 14.1. The third-order valence-electron chi connectivity index (χ3n) is 14.8. The molecule has 6 heterocycles. The maximum Gasteiger partial charge on any atom is 0.407 e. The first-order valence-electron chi connectivity index (χ1n) is 24.8. The molecule has 16 nitrogen and oxygen atoms in total. The van der Waals surface area contributed by atoms with Crippen LogP contribution >= 0.6 is 0 Å². The molecule has 4 fully saturated rings. The van der Waals surface area contributed by atoms with E-state index in [0.717, 1.165) is 19.3 Å². The lowest BCUT2D eigenvalue weighted by Crippen LogP contribution is -2.51. The van der Waals surface area contributed by atoms with Crippen LogP contribution in [0, 0.1) is 35.1 Å². The number of hydrogen-bond donors (Lipinski definition) is 4. The van der Waals surface area contributed by atoms with Crippen molar-refractivity contribution in [1.29, 1.82) is 0 Å². The lowest BCUT2D eigenvalue weighted by Gasteiger charge is -2.35. The van der Waals surface area contributed by atoms with Gasteiger partial charge < -0.3 is 49.7 Å². The maximum absolute atomic E-state index is 16.8. The number of fused-ring (bicyclic) bond motifs is 2. The highest BCUT2D eigenvalue weighted by Gasteiger charge is 2.42. The van der Waals surface area contributed by atoms with Gasteiger partial charge in [0.15, 0.2) is 11.6 Å². The predicted octanol–water partition coefficient (Wildman–Crippen LogP) is 9.16. The zero-order chi connectivity index (χ0) is 50.4. The van der Waals surface area contributed by atoms with Crippen LogP contribution in [0.4, 0.5) is 38.5 Å². The molecule has 4 amide bonds. The zero-order valence-electron chi connectivity index (χ0n) is 40.9. The van der Waals surface area contributed by atoms with Crippen molar-refractivity contribution in [1.82, 2.24) is 40.4 Å². The van der Waals surface area contributed by atoms with Gasteiger partial charge in [-0.2, -0.15) is 0 Å². The highest BCUT2D eigenvalue weighted by molar-refractivity contribution is 5.88. The fourth-order valence-electron chi connectivity index (χ4n) is 11.2. The Bertz CT molecular complexity index is 2660. The van der Waals surface area contributed by atoms with E-state index < -0.39 is 71.7 Å². The van der Waals surface area contributed by atoms with Gasteiger partial charge in [-0.3, -0.25) is 9.59 Å². The molecule has 71 heavy (non-hydrogen) atoms. The van der Waals surface area contributed by atoms with Gasteiger partial charge in [0.05, 0.1) is 60.5 Å². The summed E-state index contributed by atoms with van der Waals surface area (Å²) in [6, 6.07) is 4.02. The number of nitrogens with zero attached hydrogens (tertiary/aromatic N) is 6. The van der Waals surface area contributed by atoms with Gasteiger partial charge in [-0.15, -0.1) is 0 Å². The number of likely N-dealkylation sites (tertiary alicyclic amines) is 2. The minimum absolute atomic E-state index is 0.110. The molecule has 0 radical (unpaired) electrons. The fraction of sp³-hybridized carbons (Fsp3) is 0.529. The molecular formula is C51H62F4N10O6. The number of nitrogens with one attached hydrogen (secondary N) is 4. The first kappa shape index (κ1) is 49.4. The number of anilines is 2. The van der Waals surface area contributed by atoms with E-state index >= 15 is 17.6 Å². The van der Waals surface area contributed by atoms with Crippen molar-refractivity contribution in [3.8, 4) is 0 Å². The van der Waals surface area contributed by atoms with Crippen LogP contribution in [0.2, 0.25) is 0 Å². The van der Waals surface area contributed by atoms with Gasteiger partial charge >= 0.3 is 12.2 Å². The second-order valence-corrected chi connectivity index (χ2v) is 19.9. The highest BCUT2D eigenvalue weighted by Crippen LogP contribution is 2.50. The summed E-state index contributed by atoms with van der Waals surface area (Å²) >= 11 is 0.